The lowest BCUT2D eigenvalue weighted by atomic mass is 10.1. The second-order valence-electron chi connectivity index (χ2n) is 4.79. The van der Waals surface area contributed by atoms with Crippen LogP contribution < -0.4 is 4.74 Å². The zero-order chi connectivity index (χ0) is 14.8. The summed E-state index contributed by atoms with van der Waals surface area (Å²) < 4.78 is 19.2. The van der Waals surface area contributed by atoms with Crippen LogP contribution in [0.25, 0.3) is 10.8 Å². The molecule has 0 radical (unpaired) electrons. The summed E-state index contributed by atoms with van der Waals surface area (Å²) in [5.74, 6) is 0.855. The molecule has 0 fully saturated rings. The highest BCUT2D eigenvalue weighted by molar-refractivity contribution is 6.17. The van der Waals surface area contributed by atoms with Crippen molar-refractivity contribution in [2.45, 2.75) is 12.8 Å². The van der Waals surface area contributed by atoms with Crippen LogP contribution in [0.2, 0.25) is 0 Å². The van der Waals surface area contributed by atoms with Crippen LogP contribution in [-0.2, 0) is 5.88 Å². The molecule has 0 spiro atoms. The third-order valence-corrected chi connectivity index (χ3v) is 3.53. The van der Waals surface area contributed by atoms with Crippen molar-refractivity contribution in [3.63, 3.8) is 0 Å². The lowest BCUT2D eigenvalue weighted by molar-refractivity contribution is 0.459. The third kappa shape index (κ3) is 2.83. The van der Waals surface area contributed by atoms with Crippen molar-refractivity contribution in [3.8, 4) is 11.6 Å². The molecule has 3 rings (SSSR count). The van der Waals surface area contributed by atoms with Crippen molar-refractivity contribution < 1.29 is 9.13 Å². The number of fused-ring (bicyclic) bond motifs is 1. The largest absolute Gasteiger partial charge is 0.438 e. The number of benzene rings is 2. The van der Waals surface area contributed by atoms with E-state index < -0.39 is 0 Å². The minimum absolute atomic E-state index is 0.295. The number of alkyl halides is 1. The molecule has 0 aliphatic carbocycles. The molecule has 3 aromatic rings. The van der Waals surface area contributed by atoms with Gasteiger partial charge in [0, 0.05) is 11.5 Å². The first-order chi connectivity index (χ1) is 10.2. The van der Waals surface area contributed by atoms with Gasteiger partial charge in [-0.15, -0.1) is 11.6 Å². The zero-order valence-corrected chi connectivity index (χ0v) is 12.2. The summed E-state index contributed by atoms with van der Waals surface area (Å²) in [7, 11) is 0. The molecule has 1 heterocycles. The minimum atomic E-state index is -0.339. The maximum atomic E-state index is 13.4. The lowest BCUT2D eigenvalue weighted by Crippen LogP contribution is -1.95. The van der Waals surface area contributed by atoms with E-state index in [4.69, 9.17) is 16.3 Å². The van der Waals surface area contributed by atoms with Crippen molar-refractivity contribution >= 4 is 22.4 Å². The summed E-state index contributed by atoms with van der Waals surface area (Å²) in [6.45, 7) is 1.86. The third-order valence-electron chi connectivity index (χ3n) is 3.25. The first kappa shape index (κ1) is 13.8. The number of rotatable bonds is 3. The van der Waals surface area contributed by atoms with Gasteiger partial charge in [0.1, 0.15) is 11.6 Å². The molecule has 2 nitrogen and oxygen atoms in total. The molecule has 0 amide bonds. The van der Waals surface area contributed by atoms with Crippen molar-refractivity contribution in [3.05, 3.63) is 65.6 Å². The summed E-state index contributed by atoms with van der Waals surface area (Å²) in [6, 6.07) is 14.1. The Hall–Kier alpha value is -2.13. The van der Waals surface area contributed by atoms with E-state index in [0.717, 1.165) is 22.0 Å². The molecule has 2 aromatic carbocycles. The Morgan fingerprint density at radius 2 is 1.95 bits per heavy atom. The first-order valence-corrected chi connectivity index (χ1v) is 7.09. The number of aryl methyl sites for hydroxylation is 1. The monoisotopic (exact) mass is 301 g/mol. The zero-order valence-electron chi connectivity index (χ0n) is 11.4. The van der Waals surface area contributed by atoms with Gasteiger partial charge in [-0.2, -0.15) is 0 Å². The second-order valence-corrected chi connectivity index (χ2v) is 5.05. The molecular weight excluding hydrogens is 289 g/mol. The summed E-state index contributed by atoms with van der Waals surface area (Å²) in [6.07, 6.45) is 0. The van der Waals surface area contributed by atoms with Gasteiger partial charge in [0.15, 0.2) is 0 Å². The molecule has 0 saturated heterocycles. The van der Waals surface area contributed by atoms with Gasteiger partial charge >= 0.3 is 0 Å². The van der Waals surface area contributed by atoms with Crippen molar-refractivity contribution in [2.75, 3.05) is 0 Å². The standard InChI is InChI=1S/C17H13ClFNO/c1-11-6-7-13(19)9-16(11)21-17-15-5-3-2-4-12(15)8-14(10-18)20-17/h2-9H,10H2,1H3. The van der Waals surface area contributed by atoms with E-state index in [-0.39, 0.29) is 5.82 Å². The molecule has 1 aromatic heterocycles. The van der Waals surface area contributed by atoms with Gasteiger partial charge in [-0.1, -0.05) is 24.3 Å². The van der Waals surface area contributed by atoms with Gasteiger partial charge in [0.2, 0.25) is 5.88 Å². The number of aromatic nitrogens is 1. The summed E-state index contributed by atoms with van der Waals surface area (Å²) in [5.41, 5.74) is 1.57. The maximum absolute atomic E-state index is 13.4. The predicted octanol–water partition coefficient (Wildman–Crippen LogP) is 5.21. The Labute approximate surface area is 127 Å². The van der Waals surface area contributed by atoms with Gasteiger partial charge in [0.25, 0.3) is 0 Å². The molecule has 4 heteroatoms. The van der Waals surface area contributed by atoms with Crippen molar-refractivity contribution in [2.24, 2.45) is 0 Å². The van der Waals surface area contributed by atoms with Crippen LogP contribution in [0, 0.1) is 12.7 Å². The second kappa shape index (κ2) is 5.70. The van der Waals surface area contributed by atoms with Crippen LogP contribution in [0.5, 0.6) is 11.6 Å². The van der Waals surface area contributed by atoms with Gasteiger partial charge < -0.3 is 4.74 Å². The average molecular weight is 302 g/mol. The highest BCUT2D eigenvalue weighted by atomic mass is 35.5. The molecule has 0 atom stereocenters. The molecule has 0 saturated carbocycles. The summed E-state index contributed by atoms with van der Waals surface area (Å²) in [5, 5.41) is 1.86. The molecule has 0 bridgehead atoms. The number of hydrogen-bond donors (Lipinski definition) is 0. The topological polar surface area (TPSA) is 22.1 Å². The van der Waals surface area contributed by atoms with Crippen LogP contribution >= 0.6 is 11.6 Å². The Morgan fingerprint density at radius 3 is 2.76 bits per heavy atom. The molecular formula is C17H13ClFNO. The number of pyridine rings is 1. The summed E-state index contributed by atoms with van der Waals surface area (Å²) >= 11 is 5.88. The highest BCUT2D eigenvalue weighted by Gasteiger charge is 2.10. The van der Waals surface area contributed by atoms with E-state index in [1.807, 2.05) is 37.3 Å². The van der Waals surface area contributed by atoms with E-state index in [9.17, 15) is 4.39 Å². The quantitative estimate of drug-likeness (QED) is 0.619. The minimum Gasteiger partial charge on any atom is -0.438 e. The molecule has 106 valence electrons. The Bertz CT molecular complexity index is 804. The molecule has 0 aliphatic heterocycles. The molecule has 0 unspecified atom stereocenters. The number of nitrogens with zero attached hydrogens (tertiary/aromatic N) is 1. The van der Waals surface area contributed by atoms with Gasteiger partial charge in [0.05, 0.1) is 11.6 Å². The van der Waals surface area contributed by atoms with Crippen LogP contribution in [0.1, 0.15) is 11.3 Å². The van der Waals surface area contributed by atoms with E-state index in [1.54, 1.807) is 6.07 Å². The predicted molar refractivity (Wildman–Crippen MR) is 82.5 cm³/mol. The van der Waals surface area contributed by atoms with E-state index in [1.165, 1.54) is 12.1 Å². The van der Waals surface area contributed by atoms with Crippen molar-refractivity contribution in [1.29, 1.82) is 0 Å². The smallest absolute Gasteiger partial charge is 0.227 e. The molecule has 0 aliphatic rings. The lowest BCUT2D eigenvalue weighted by Gasteiger charge is -2.11. The molecule has 21 heavy (non-hydrogen) atoms. The first-order valence-electron chi connectivity index (χ1n) is 6.56. The van der Waals surface area contributed by atoms with E-state index >= 15 is 0 Å². The summed E-state index contributed by atoms with van der Waals surface area (Å²) in [4.78, 5) is 4.41. The molecule has 0 N–H and O–H groups in total. The van der Waals surface area contributed by atoms with Crippen LogP contribution in [-0.4, -0.2) is 4.98 Å². The fraction of sp³-hybridized carbons (Fsp3) is 0.118. The number of halogens is 2. The van der Waals surface area contributed by atoms with Crippen LogP contribution in [0.3, 0.4) is 0 Å². The van der Waals surface area contributed by atoms with E-state index in [2.05, 4.69) is 4.98 Å². The average Bonchev–Trinajstić information content (AvgIpc) is 2.50. The normalized spacial score (nSPS) is 10.8. The maximum Gasteiger partial charge on any atom is 0.227 e. The Balaban J connectivity index is 2.13. The fourth-order valence-electron chi connectivity index (χ4n) is 2.15. The van der Waals surface area contributed by atoms with Crippen LogP contribution in [0.15, 0.2) is 48.5 Å². The van der Waals surface area contributed by atoms with Gasteiger partial charge in [-0.25, -0.2) is 9.37 Å². The Morgan fingerprint density at radius 1 is 1.14 bits per heavy atom. The van der Waals surface area contributed by atoms with Crippen molar-refractivity contribution in [1.82, 2.24) is 4.98 Å². The SMILES string of the molecule is Cc1ccc(F)cc1Oc1nc(CCl)cc2ccccc12. The number of hydrogen-bond acceptors (Lipinski definition) is 2. The number of ether oxygens (including phenoxy) is 1. The van der Waals surface area contributed by atoms with Crippen LogP contribution in [0.4, 0.5) is 4.39 Å². The highest BCUT2D eigenvalue weighted by Crippen LogP contribution is 2.31. The van der Waals surface area contributed by atoms with Gasteiger partial charge in [-0.05, 0) is 36.1 Å². The fourth-order valence-corrected chi connectivity index (χ4v) is 2.29. The Kier molecular flexibility index (Phi) is 3.76. The van der Waals surface area contributed by atoms with Gasteiger partial charge in [-0.3, -0.25) is 0 Å². The van der Waals surface area contributed by atoms with E-state index in [0.29, 0.717) is 17.5 Å².